The fraction of sp³-hybridized carbons (Fsp3) is 0.588. The fourth-order valence-electron chi connectivity index (χ4n) is 4.12. The number of oxime groups is 1. The molecule has 0 radical (unpaired) electrons. The summed E-state index contributed by atoms with van der Waals surface area (Å²) in [5.41, 5.74) is 2.63. The van der Waals surface area contributed by atoms with Crippen LogP contribution in [0, 0.1) is 17.3 Å². The molecule has 1 aromatic carbocycles. The Kier molecular flexibility index (Phi) is 3.36. The van der Waals surface area contributed by atoms with Crippen molar-refractivity contribution in [1.82, 2.24) is 0 Å². The summed E-state index contributed by atoms with van der Waals surface area (Å²) >= 11 is 1.98. The van der Waals surface area contributed by atoms with E-state index in [0.29, 0.717) is 11.8 Å². The highest BCUT2D eigenvalue weighted by atomic mass is 32.2. The monoisotopic (exact) mass is 289 g/mol. The molecule has 0 amide bonds. The molecule has 108 valence electrons. The van der Waals surface area contributed by atoms with Crippen LogP contribution in [0.3, 0.4) is 0 Å². The van der Waals surface area contributed by atoms with Crippen molar-refractivity contribution in [2.75, 3.05) is 0 Å². The van der Waals surface area contributed by atoms with Gasteiger partial charge in [0.2, 0.25) is 0 Å². The lowest BCUT2D eigenvalue weighted by Gasteiger charge is -2.29. The highest BCUT2D eigenvalue weighted by Crippen LogP contribution is 2.74. The average molecular weight is 289 g/mol. The molecule has 20 heavy (non-hydrogen) atoms. The molecule has 3 heteroatoms. The number of fused-ring (bicyclic) bond motifs is 1. The van der Waals surface area contributed by atoms with Crippen LogP contribution in [0.1, 0.15) is 39.2 Å². The zero-order valence-corrected chi connectivity index (χ0v) is 13.3. The fourth-order valence-corrected chi connectivity index (χ4v) is 6.17. The topological polar surface area (TPSA) is 32.6 Å². The van der Waals surface area contributed by atoms with E-state index < -0.39 is 0 Å². The van der Waals surface area contributed by atoms with E-state index in [1.54, 1.807) is 0 Å². The molecule has 2 fully saturated rings. The Morgan fingerprint density at radius 1 is 1.25 bits per heavy atom. The first-order valence-electron chi connectivity index (χ1n) is 7.44. The van der Waals surface area contributed by atoms with Gasteiger partial charge in [-0.15, -0.1) is 11.8 Å². The molecule has 0 spiro atoms. The summed E-state index contributed by atoms with van der Waals surface area (Å²) in [5.74, 6) is 2.05. The number of benzene rings is 1. The van der Waals surface area contributed by atoms with E-state index in [-0.39, 0.29) is 10.2 Å². The predicted molar refractivity (Wildman–Crippen MR) is 85.4 cm³/mol. The van der Waals surface area contributed by atoms with Crippen LogP contribution >= 0.6 is 11.8 Å². The van der Waals surface area contributed by atoms with Gasteiger partial charge in [-0.05, 0) is 35.7 Å². The zero-order chi connectivity index (χ0) is 14.4. The first kappa shape index (κ1) is 14.0. The molecular weight excluding hydrogens is 266 g/mol. The van der Waals surface area contributed by atoms with Crippen LogP contribution in [0.15, 0.2) is 35.5 Å². The lowest BCUT2D eigenvalue weighted by atomic mass is 9.88. The Morgan fingerprint density at radius 3 is 2.60 bits per heavy atom. The average Bonchev–Trinajstić information content (AvgIpc) is 2.94. The van der Waals surface area contributed by atoms with Crippen molar-refractivity contribution < 1.29 is 5.21 Å². The molecule has 0 aliphatic heterocycles. The lowest BCUT2D eigenvalue weighted by Crippen LogP contribution is -2.34. The van der Waals surface area contributed by atoms with Crippen molar-refractivity contribution in [1.29, 1.82) is 0 Å². The van der Waals surface area contributed by atoms with Crippen molar-refractivity contribution in [3.05, 3.63) is 35.9 Å². The predicted octanol–water partition coefficient (Wildman–Crippen LogP) is 4.57. The van der Waals surface area contributed by atoms with Crippen molar-refractivity contribution in [2.45, 2.75) is 44.1 Å². The zero-order valence-electron chi connectivity index (χ0n) is 12.5. The minimum atomic E-state index is 0.0509. The lowest BCUT2D eigenvalue weighted by molar-refractivity contribution is 0.310. The van der Waals surface area contributed by atoms with Gasteiger partial charge in [-0.3, -0.25) is 0 Å². The van der Waals surface area contributed by atoms with Crippen LogP contribution in [0.4, 0.5) is 0 Å². The summed E-state index contributed by atoms with van der Waals surface area (Å²) < 4.78 is 0.0509. The Bertz CT molecular complexity index is 525. The summed E-state index contributed by atoms with van der Waals surface area (Å²) in [6, 6.07) is 10.6. The van der Waals surface area contributed by atoms with Gasteiger partial charge >= 0.3 is 0 Å². The first-order chi connectivity index (χ1) is 9.54. The number of rotatable bonds is 3. The van der Waals surface area contributed by atoms with Gasteiger partial charge < -0.3 is 5.21 Å². The van der Waals surface area contributed by atoms with E-state index in [1.807, 2.05) is 11.8 Å². The second-order valence-electron chi connectivity index (χ2n) is 6.75. The molecule has 0 aromatic heterocycles. The molecule has 2 aliphatic rings. The van der Waals surface area contributed by atoms with Gasteiger partial charge in [-0.25, -0.2) is 0 Å². The van der Waals surface area contributed by atoms with Gasteiger partial charge in [-0.2, -0.15) is 0 Å². The minimum absolute atomic E-state index is 0.0509. The summed E-state index contributed by atoms with van der Waals surface area (Å²) in [7, 11) is 0. The summed E-state index contributed by atoms with van der Waals surface area (Å²) in [6.45, 7) is 6.86. The number of thioether (sulfide) groups is 1. The molecular formula is C17H23NOS. The normalized spacial score (nSPS) is 36.6. The molecule has 2 nitrogen and oxygen atoms in total. The van der Waals surface area contributed by atoms with Gasteiger partial charge in [0.1, 0.15) is 0 Å². The van der Waals surface area contributed by atoms with E-state index >= 15 is 0 Å². The second-order valence-corrected chi connectivity index (χ2v) is 7.97. The Labute approximate surface area is 125 Å². The van der Waals surface area contributed by atoms with Crippen LogP contribution in [-0.2, 0) is 5.75 Å². The molecule has 2 saturated carbocycles. The quantitative estimate of drug-likeness (QED) is 0.653. The maximum atomic E-state index is 9.53. The first-order valence-corrected chi connectivity index (χ1v) is 8.43. The van der Waals surface area contributed by atoms with Gasteiger partial charge in [0.15, 0.2) is 0 Å². The molecule has 2 aliphatic carbocycles. The number of hydrogen-bond acceptors (Lipinski definition) is 3. The van der Waals surface area contributed by atoms with Crippen LogP contribution in [-0.4, -0.2) is 15.7 Å². The third-order valence-electron chi connectivity index (χ3n) is 5.39. The molecule has 3 rings (SSSR count). The Hall–Kier alpha value is -0.960. The molecule has 0 heterocycles. The second kappa shape index (κ2) is 4.80. The van der Waals surface area contributed by atoms with Gasteiger partial charge in [0.05, 0.1) is 10.5 Å². The smallest absolute Gasteiger partial charge is 0.0767 e. The third kappa shape index (κ3) is 1.82. The van der Waals surface area contributed by atoms with E-state index in [2.05, 4.69) is 56.3 Å². The molecule has 3 atom stereocenters. The van der Waals surface area contributed by atoms with Crippen molar-refractivity contribution >= 4 is 17.5 Å². The van der Waals surface area contributed by atoms with E-state index in [0.717, 1.165) is 17.9 Å². The molecule has 0 bridgehead atoms. The Morgan fingerprint density at radius 2 is 1.95 bits per heavy atom. The van der Waals surface area contributed by atoms with Gasteiger partial charge in [-0.1, -0.05) is 56.3 Å². The largest absolute Gasteiger partial charge is 0.411 e. The summed E-state index contributed by atoms with van der Waals surface area (Å²) in [6.07, 6.45) is 2.41. The summed E-state index contributed by atoms with van der Waals surface area (Å²) in [4.78, 5) is 0. The Balaban J connectivity index is 1.85. The van der Waals surface area contributed by atoms with E-state index in [4.69, 9.17) is 0 Å². The molecule has 3 unspecified atom stereocenters. The van der Waals surface area contributed by atoms with E-state index in [1.165, 1.54) is 12.0 Å². The van der Waals surface area contributed by atoms with Crippen LogP contribution in [0.25, 0.3) is 0 Å². The SMILES string of the molecule is CC1CCC2C(C)(C)C2(SCc2ccccc2)C1=NO. The van der Waals surface area contributed by atoms with Crippen LogP contribution in [0.5, 0.6) is 0 Å². The van der Waals surface area contributed by atoms with Crippen molar-refractivity contribution in [2.24, 2.45) is 22.4 Å². The van der Waals surface area contributed by atoms with Crippen molar-refractivity contribution in [3.63, 3.8) is 0 Å². The van der Waals surface area contributed by atoms with Crippen LogP contribution < -0.4 is 0 Å². The third-order valence-corrected chi connectivity index (χ3v) is 7.34. The maximum Gasteiger partial charge on any atom is 0.0767 e. The minimum Gasteiger partial charge on any atom is -0.411 e. The number of hydrogen-bond donors (Lipinski definition) is 1. The van der Waals surface area contributed by atoms with E-state index in [9.17, 15) is 5.21 Å². The molecule has 0 saturated heterocycles. The van der Waals surface area contributed by atoms with Gasteiger partial charge in [0, 0.05) is 5.75 Å². The van der Waals surface area contributed by atoms with Crippen molar-refractivity contribution in [3.8, 4) is 0 Å². The standard InChI is InChI=1S/C17H23NOS/c1-12-9-10-14-16(2,3)17(14,15(12)18-19)20-11-13-7-5-4-6-8-13/h4-8,12,14,19H,9-11H2,1-3H3. The molecule has 1 aromatic rings. The van der Waals surface area contributed by atoms with Crippen LogP contribution in [0.2, 0.25) is 0 Å². The molecule has 1 N–H and O–H groups in total. The maximum absolute atomic E-state index is 9.53. The highest BCUT2D eigenvalue weighted by Gasteiger charge is 2.75. The van der Waals surface area contributed by atoms with Gasteiger partial charge in [0.25, 0.3) is 0 Å². The highest BCUT2D eigenvalue weighted by molar-refractivity contribution is 8.01. The number of nitrogens with zero attached hydrogens (tertiary/aromatic N) is 1. The summed E-state index contributed by atoms with van der Waals surface area (Å²) in [5, 5.41) is 13.3.